The van der Waals surface area contributed by atoms with E-state index in [1.807, 2.05) is 48.5 Å². The third-order valence-electron chi connectivity index (χ3n) is 21.3. The third kappa shape index (κ3) is 76.9. The van der Waals surface area contributed by atoms with Crippen LogP contribution in [0.1, 0.15) is 355 Å². The normalized spacial score (nSPS) is 17.2. The molecule has 0 aromatic carbocycles. The molecule has 0 bridgehead atoms. The zero-order chi connectivity index (χ0) is 81.8. The van der Waals surface area contributed by atoms with E-state index in [9.17, 15) is 51.1 Å². The summed E-state index contributed by atoms with van der Waals surface area (Å²) in [6.45, 7) is 38.0. The lowest BCUT2D eigenvalue weighted by molar-refractivity contribution is -0.106. The standard InChI is InChI=1S/2C21H44O4.C19H40O4.C17H36O3.C7H16O3.C2H4O/c1-17(9-5-13-22)21(18(2)10-6-14-23,19(3)11-7-15-24)20(4)12-8-16-25;1-17(22)9-5-13-21(14-6-10-18(2)23,15-7-11-19(3)24)16-8-12-20(4)25;1-16(7-4-9-20)13-19(14-17(2)8-5-10-21)15-18(3)23-12-6-11-22;1-4-20-14-13-17(11-7-5-9-15(2)18)12-8-6-10-16(3)19;1-7(8)6-10-5-3-4-9-2;1-2-3/h2*17-20,22-25H,5-16H2,1-4H3;16-22H,4-15H2,1-3H3;15-19H,4-14H2,1-3H3;7-8H,3-6H2,1-2H3;2H,1H3. The average Bonchev–Trinajstić information content (AvgIpc) is 0.769. The second kappa shape index (κ2) is 83.4. The largest absolute Gasteiger partial charge is 0.396 e. The van der Waals surface area contributed by atoms with Gasteiger partial charge in [0.1, 0.15) is 6.29 Å². The molecule has 0 radical (unpaired) electrons. The van der Waals surface area contributed by atoms with E-state index in [2.05, 4.69) is 48.5 Å². The molecular weight excluding hydrogens is 1350 g/mol. The van der Waals surface area contributed by atoms with Crippen LogP contribution in [0.5, 0.6) is 0 Å². The van der Waals surface area contributed by atoms with Gasteiger partial charge in [-0.2, -0.15) is 0 Å². The topological polar surface area (TPSA) is 337 Å². The molecule has 0 aliphatic rings. The highest BCUT2D eigenvalue weighted by atomic mass is 16.5. The minimum atomic E-state index is -0.359. The van der Waals surface area contributed by atoms with Crippen molar-refractivity contribution in [1.29, 1.82) is 0 Å². The maximum atomic E-state index is 9.60. The first-order valence-electron chi connectivity index (χ1n) is 43.1. The van der Waals surface area contributed by atoms with Gasteiger partial charge >= 0.3 is 0 Å². The van der Waals surface area contributed by atoms with Crippen molar-refractivity contribution in [2.24, 2.45) is 58.2 Å². The monoisotopic (exact) mass is 1530 g/mol. The summed E-state index contributed by atoms with van der Waals surface area (Å²) < 4.78 is 21.1. The van der Waals surface area contributed by atoms with Gasteiger partial charge in [0.25, 0.3) is 0 Å². The van der Waals surface area contributed by atoms with E-state index >= 15 is 0 Å². The lowest BCUT2D eigenvalue weighted by atomic mass is 9.51. The number of aliphatic hydroxyl groups is 14. The molecular formula is C87H184O19. The lowest BCUT2D eigenvalue weighted by Gasteiger charge is -2.53. The molecule has 0 aliphatic carbocycles. The fourth-order valence-electron chi connectivity index (χ4n) is 15.9. The fraction of sp³-hybridized carbons (Fsp3) is 0.989. The van der Waals surface area contributed by atoms with Gasteiger partial charge in [-0.15, -0.1) is 0 Å². The lowest BCUT2D eigenvalue weighted by Crippen LogP contribution is -2.47. The Morgan fingerprint density at radius 1 is 0.321 bits per heavy atom. The minimum Gasteiger partial charge on any atom is -0.396 e. The Hall–Kier alpha value is -1.05. The Morgan fingerprint density at radius 3 is 0.925 bits per heavy atom. The third-order valence-corrected chi connectivity index (χ3v) is 21.3. The molecule has 106 heavy (non-hydrogen) atoms. The van der Waals surface area contributed by atoms with Crippen LogP contribution in [0.25, 0.3) is 0 Å². The summed E-state index contributed by atoms with van der Waals surface area (Å²) in [4.78, 5) is 8.81. The van der Waals surface area contributed by atoms with E-state index in [1.54, 1.807) is 14.0 Å². The van der Waals surface area contributed by atoms with Crippen molar-refractivity contribution >= 4 is 6.29 Å². The maximum Gasteiger partial charge on any atom is 0.116 e. The summed E-state index contributed by atoms with van der Waals surface area (Å²) in [5, 5.41) is 130. The summed E-state index contributed by atoms with van der Waals surface area (Å²) >= 11 is 0. The van der Waals surface area contributed by atoms with E-state index < -0.39 is 0 Å². The molecule has 0 saturated heterocycles. The number of unbranched alkanes of at least 4 members (excludes halogenated alkanes) is 2. The minimum absolute atomic E-state index is 0.0919. The molecule has 19 nitrogen and oxygen atoms in total. The predicted molar refractivity (Wildman–Crippen MR) is 440 cm³/mol. The van der Waals surface area contributed by atoms with Crippen molar-refractivity contribution < 1.29 is 95.2 Å². The molecule has 0 amide bonds. The molecule has 0 rings (SSSR count). The molecule has 0 aliphatic heterocycles. The Bertz CT molecular complexity index is 1520. The first kappa shape index (κ1) is 116. The first-order valence-corrected chi connectivity index (χ1v) is 43.1. The van der Waals surface area contributed by atoms with Crippen LogP contribution >= 0.6 is 0 Å². The van der Waals surface area contributed by atoms with E-state index in [4.69, 9.17) is 44.2 Å². The van der Waals surface area contributed by atoms with Crippen LogP contribution in [0.4, 0.5) is 0 Å². The van der Waals surface area contributed by atoms with Gasteiger partial charge in [-0.1, -0.05) is 106 Å². The van der Waals surface area contributed by atoms with Gasteiger partial charge < -0.3 is 95.2 Å². The number of aliphatic hydroxyl groups excluding tert-OH is 14. The zero-order valence-electron chi connectivity index (χ0n) is 72.2. The quantitative estimate of drug-likeness (QED) is 0.0199. The maximum absolute atomic E-state index is 9.60. The summed E-state index contributed by atoms with van der Waals surface area (Å²) in [7, 11) is 1.66. The van der Waals surface area contributed by atoms with Gasteiger partial charge in [0.2, 0.25) is 0 Å². The summed E-state index contributed by atoms with van der Waals surface area (Å²) in [5.74, 6) is 4.44. The van der Waals surface area contributed by atoms with Gasteiger partial charge in [0.05, 0.1) is 55.4 Å². The Labute approximate surface area is 653 Å². The number of carbonyl (C=O) groups is 1. The van der Waals surface area contributed by atoms with E-state index in [-0.39, 0.29) is 106 Å². The van der Waals surface area contributed by atoms with Crippen LogP contribution < -0.4 is 0 Å². The molecule has 14 atom stereocenters. The molecule has 19 heteroatoms. The highest BCUT2D eigenvalue weighted by Gasteiger charge is 2.48. The number of hydrogen-bond donors (Lipinski definition) is 14. The average molecular weight is 1530 g/mol. The molecule has 0 fully saturated rings. The van der Waals surface area contributed by atoms with Gasteiger partial charge in [0.15, 0.2) is 0 Å². The van der Waals surface area contributed by atoms with Crippen LogP contribution in [0.15, 0.2) is 0 Å². The summed E-state index contributed by atoms with van der Waals surface area (Å²) in [6, 6.07) is 0. The van der Waals surface area contributed by atoms with Crippen LogP contribution in [0.3, 0.4) is 0 Å². The molecule has 646 valence electrons. The predicted octanol–water partition coefficient (Wildman–Crippen LogP) is 15.7. The Morgan fingerprint density at radius 2 is 0.632 bits per heavy atom. The number of rotatable bonds is 68. The van der Waals surface area contributed by atoms with Crippen LogP contribution in [0, 0.1) is 58.2 Å². The van der Waals surface area contributed by atoms with Crippen LogP contribution in [0.2, 0.25) is 0 Å². The smallest absolute Gasteiger partial charge is 0.116 e. The summed E-state index contributed by atoms with van der Waals surface area (Å²) in [6.07, 6.45) is 37.2. The zero-order valence-corrected chi connectivity index (χ0v) is 72.2. The van der Waals surface area contributed by atoms with Crippen LogP contribution in [-0.4, -0.2) is 220 Å². The Balaban J connectivity index is -0.000000298. The summed E-state index contributed by atoms with van der Waals surface area (Å²) in [5.41, 5.74) is 0.294. The highest BCUT2D eigenvalue weighted by Crippen LogP contribution is 2.55. The van der Waals surface area contributed by atoms with E-state index in [1.165, 1.54) is 45.4 Å². The molecule has 0 aromatic rings. The number of carbonyl (C=O) groups excluding carboxylic acids is 1. The number of methoxy groups -OCH3 is 1. The first-order chi connectivity index (χ1) is 50.4. The van der Waals surface area contributed by atoms with Gasteiger partial charge in [-0.05, 0) is 307 Å². The van der Waals surface area contributed by atoms with Crippen molar-refractivity contribution in [3.8, 4) is 0 Å². The molecule has 0 saturated carbocycles. The fourth-order valence-corrected chi connectivity index (χ4v) is 15.9. The van der Waals surface area contributed by atoms with Gasteiger partial charge in [-0.25, -0.2) is 0 Å². The van der Waals surface area contributed by atoms with Crippen molar-refractivity contribution in [2.75, 3.05) is 93.0 Å². The van der Waals surface area contributed by atoms with Crippen molar-refractivity contribution in [3.63, 3.8) is 0 Å². The van der Waals surface area contributed by atoms with Crippen molar-refractivity contribution in [2.45, 2.75) is 404 Å². The molecule has 0 heterocycles. The molecule has 0 aromatic heterocycles. The van der Waals surface area contributed by atoms with Gasteiger partial charge in [-0.3, -0.25) is 0 Å². The van der Waals surface area contributed by atoms with Crippen molar-refractivity contribution in [3.05, 3.63) is 0 Å². The molecule has 14 N–H and O–H groups in total. The number of aldehydes is 1. The Kier molecular flexibility index (Phi) is 91.1. The molecule has 0 spiro atoms. The van der Waals surface area contributed by atoms with E-state index in [0.717, 1.165) is 231 Å². The number of hydrogen-bond acceptors (Lipinski definition) is 19. The van der Waals surface area contributed by atoms with Gasteiger partial charge in [0, 0.05) is 86.4 Å². The molecule has 14 unspecified atom stereocenters. The highest BCUT2D eigenvalue weighted by molar-refractivity contribution is 5.44. The second-order valence-corrected chi connectivity index (χ2v) is 32.4. The van der Waals surface area contributed by atoms with Crippen molar-refractivity contribution in [1.82, 2.24) is 0 Å². The van der Waals surface area contributed by atoms with Crippen LogP contribution in [-0.2, 0) is 23.7 Å². The number of ether oxygens (including phenoxy) is 4. The second-order valence-electron chi connectivity index (χ2n) is 32.4. The SMILES string of the molecule is CC(CCCO)C(C(C)CCCO)(C(C)CCCO)C(C)CCCO.CC(CCCO)CC(CC(C)CCCO)CC(C)OCCCO.CC(O)CCCC(CCCC(C)O)(CCCC(C)O)CCCC(C)O.CC=O.CCOCCC(CCCCC(C)O)CCCCC(C)O.COCCCOCC(C)O. The van der Waals surface area contributed by atoms with E-state index in [0.29, 0.717) is 67.7 Å².